The van der Waals surface area contributed by atoms with E-state index in [0.717, 1.165) is 4.90 Å². The zero-order valence-corrected chi connectivity index (χ0v) is 8.70. The van der Waals surface area contributed by atoms with Crippen molar-refractivity contribution in [1.82, 2.24) is 0 Å². The summed E-state index contributed by atoms with van der Waals surface area (Å²) >= 11 is 1.55. The van der Waals surface area contributed by atoms with E-state index in [1.165, 1.54) is 0 Å². The first-order chi connectivity index (χ1) is 7.24. The Labute approximate surface area is 91.2 Å². The van der Waals surface area contributed by atoms with Crippen LogP contribution in [0.15, 0.2) is 34.3 Å². The maximum absolute atomic E-state index is 11.9. The van der Waals surface area contributed by atoms with E-state index in [4.69, 9.17) is 10.9 Å². The molecule has 15 heavy (non-hydrogen) atoms. The lowest BCUT2D eigenvalue weighted by atomic mass is 9.98. The molecule has 3 N–H and O–H groups in total. The number of nitrogens with zero attached hydrogens (tertiary/aromatic N) is 1. The van der Waals surface area contributed by atoms with Crippen molar-refractivity contribution in [2.75, 3.05) is 5.75 Å². The van der Waals surface area contributed by atoms with Crippen LogP contribution in [0.2, 0.25) is 0 Å². The van der Waals surface area contributed by atoms with Gasteiger partial charge in [-0.1, -0.05) is 23.4 Å². The van der Waals surface area contributed by atoms with E-state index in [2.05, 4.69) is 5.16 Å². The number of Topliss-reactive ketones (excluding diaryl/α,β-unsaturated/α-hetero) is 1. The number of benzene rings is 1. The van der Waals surface area contributed by atoms with Crippen LogP contribution in [0.1, 0.15) is 10.4 Å². The Kier molecular flexibility index (Phi) is 2.64. The molecule has 0 aliphatic carbocycles. The van der Waals surface area contributed by atoms with E-state index in [1.54, 1.807) is 17.8 Å². The molecule has 1 aliphatic heterocycles. The molecule has 0 bridgehead atoms. The number of fused-ring (bicyclic) bond motifs is 1. The first-order valence-electron chi connectivity index (χ1n) is 4.47. The van der Waals surface area contributed by atoms with E-state index < -0.39 is 5.92 Å². The highest BCUT2D eigenvalue weighted by molar-refractivity contribution is 7.99. The fourth-order valence-electron chi connectivity index (χ4n) is 1.52. The van der Waals surface area contributed by atoms with Crippen LogP contribution in [0.4, 0.5) is 0 Å². The number of ketones is 1. The molecular formula is C10H10N2O2S. The molecule has 78 valence electrons. The van der Waals surface area contributed by atoms with Crippen LogP contribution >= 0.6 is 11.8 Å². The number of carbonyl (C=O) groups is 1. The molecule has 0 saturated heterocycles. The Balaban J connectivity index is 2.38. The average Bonchev–Trinajstić information content (AvgIpc) is 2.29. The number of hydrogen-bond donors (Lipinski definition) is 2. The van der Waals surface area contributed by atoms with E-state index in [-0.39, 0.29) is 11.6 Å². The van der Waals surface area contributed by atoms with E-state index >= 15 is 0 Å². The fourth-order valence-corrected chi connectivity index (χ4v) is 2.69. The molecule has 2 rings (SSSR count). The SMILES string of the molecule is N/C(=N/O)C1CSc2ccccc2C1=O. The highest BCUT2D eigenvalue weighted by Crippen LogP contribution is 2.32. The zero-order chi connectivity index (χ0) is 10.8. The number of nitrogens with two attached hydrogens (primary N) is 1. The Morgan fingerprint density at radius 3 is 3.00 bits per heavy atom. The predicted octanol–water partition coefficient (Wildman–Crippen LogP) is 1.34. The summed E-state index contributed by atoms with van der Waals surface area (Å²) in [7, 11) is 0. The van der Waals surface area contributed by atoms with Gasteiger partial charge < -0.3 is 10.9 Å². The standard InChI is InChI=1S/C10H10N2O2S/c11-10(12-14)7-5-15-8-4-2-1-3-6(8)9(7)13/h1-4,7,14H,5H2,(H2,11,12). The minimum Gasteiger partial charge on any atom is -0.409 e. The maximum atomic E-state index is 11.9. The van der Waals surface area contributed by atoms with Gasteiger partial charge in [0.15, 0.2) is 11.6 Å². The van der Waals surface area contributed by atoms with Gasteiger partial charge in [0.2, 0.25) is 0 Å². The molecule has 0 aromatic heterocycles. The zero-order valence-electron chi connectivity index (χ0n) is 7.88. The van der Waals surface area contributed by atoms with Crippen molar-refractivity contribution in [3.05, 3.63) is 29.8 Å². The van der Waals surface area contributed by atoms with Gasteiger partial charge in [0, 0.05) is 16.2 Å². The minimum atomic E-state index is -0.505. The maximum Gasteiger partial charge on any atom is 0.175 e. The van der Waals surface area contributed by atoms with Crippen LogP contribution in [0, 0.1) is 5.92 Å². The molecule has 0 saturated carbocycles. The lowest BCUT2D eigenvalue weighted by molar-refractivity contribution is 0.0956. The van der Waals surface area contributed by atoms with Gasteiger partial charge in [0.1, 0.15) is 0 Å². The second-order valence-corrected chi connectivity index (χ2v) is 4.31. The quantitative estimate of drug-likeness (QED) is 0.325. The second-order valence-electron chi connectivity index (χ2n) is 3.25. The molecular weight excluding hydrogens is 212 g/mol. The van der Waals surface area contributed by atoms with Crippen molar-refractivity contribution < 1.29 is 10.0 Å². The number of hydrogen-bond acceptors (Lipinski definition) is 4. The molecule has 1 heterocycles. The van der Waals surface area contributed by atoms with Crippen molar-refractivity contribution in [2.45, 2.75) is 4.90 Å². The lowest BCUT2D eigenvalue weighted by Crippen LogP contribution is -2.34. The molecule has 0 amide bonds. The van der Waals surface area contributed by atoms with Gasteiger partial charge in [-0.3, -0.25) is 4.79 Å². The summed E-state index contributed by atoms with van der Waals surface area (Å²) in [5, 5.41) is 11.5. The van der Waals surface area contributed by atoms with Crippen molar-refractivity contribution in [2.24, 2.45) is 16.8 Å². The summed E-state index contributed by atoms with van der Waals surface area (Å²) in [6, 6.07) is 7.37. The van der Waals surface area contributed by atoms with Gasteiger partial charge in [-0.25, -0.2) is 0 Å². The van der Waals surface area contributed by atoms with Crippen molar-refractivity contribution >= 4 is 23.4 Å². The Morgan fingerprint density at radius 1 is 1.53 bits per heavy atom. The molecule has 1 unspecified atom stereocenters. The number of oxime groups is 1. The van der Waals surface area contributed by atoms with Crippen LogP contribution in [0.3, 0.4) is 0 Å². The molecule has 0 fully saturated rings. The average molecular weight is 222 g/mol. The summed E-state index contributed by atoms with van der Waals surface area (Å²) in [4.78, 5) is 12.9. The van der Waals surface area contributed by atoms with E-state index in [1.807, 2.05) is 18.2 Å². The molecule has 4 nitrogen and oxygen atoms in total. The summed E-state index contributed by atoms with van der Waals surface area (Å²) in [5.41, 5.74) is 6.12. The summed E-state index contributed by atoms with van der Waals surface area (Å²) < 4.78 is 0. The minimum absolute atomic E-state index is 0.0120. The van der Waals surface area contributed by atoms with Gasteiger partial charge in [-0.2, -0.15) is 0 Å². The molecule has 0 radical (unpaired) electrons. The fraction of sp³-hybridized carbons (Fsp3) is 0.200. The Hall–Kier alpha value is -1.49. The first kappa shape index (κ1) is 10.0. The normalized spacial score (nSPS) is 21.2. The summed E-state index contributed by atoms with van der Waals surface area (Å²) in [6.45, 7) is 0. The van der Waals surface area contributed by atoms with Crippen molar-refractivity contribution in [3.63, 3.8) is 0 Å². The molecule has 1 aromatic rings. The van der Waals surface area contributed by atoms with Crippen molar-refractivity contribution in [1.29, 1.82) is 0 Å². The Bertz CT molecular complexity index is 431. The Morgan fingerprint density at radius 2 is 2.27 bits per heavy atom. The number of thioether (sulfide) groups is 1. The van der Waals surface area contributed by atoms with Crippen LogP contribution in [-0.2, 0) is 0 Å². The van der Waals surface area contributed by atoms with Crippen molar-refractivity contribution in [3.8, 4) is 0 Å². The summed E-state index contributed by atoms with van der Waals surface area (Å²) in [6.07, 6.45) is 0. The molecule has 1 aliphatic rings. The van der Waals surface area contributed by atoms with Crippen LogP contribution in [-0.4, -0.2) is 22.6 Å². The number of rotatable bonds is 1. The van der Waals surface area contributed by atoms with Gasteiger partial charge in [0.05, 0.1) is 5.92 Å². The van der Waals surface area contributed by atoms with Crippen LogP contribution in [0.25, 0.3) is 0 Å². The highest BCUT2D eigenvalue weighted by Gasteiger charge is 2.30. The smallest absolute Gasteiger partial charge is 0.175 e. The summed E-state index contributed by atoms with van der Waals surface area (Å²) in [5.74, 6) is -0.0531. The van der Waals surface area contributed by atoms with Gasteiger partial charge in [-0.15, -0.1) is 11.8 Å². The lowest BCUT2D eigenvalue weighted by Gasteiger charge is -2.21. The van der Waals surface area contributed by atoms with E-state index in [9.17, 15) is 4.79 Å². The van der Waals surface area contributed by atoms with Crippen LogP contribution < -0.4 is 5.73 Å². The molecule has 5 heteroatoms. The van der Waals surface area contributed by atoms with E-state index in [0.29, 0.717) is 11.3 Å². The van der Waals surface area contributed by atoms with Gasteiger partial charge in [0.25, 0.3) is 0 Å². The highest BCUT2D eigenvalue weighted by atomic mass is 32.2. The third kappa shape index (κ3) is 1.70. The molecule has 1 atom stereocenters. The largest absolute Gasteiger partial charge is 0.409 e. The third-order valence-corrected chi connectivity index (χ3v) is 3.51. The van der Waals surface area contributed by atoms with Gasteiger partial charge >= 0.3 is 0 Å². The number of carbonyl (C=O) groups excluding carboxylic acids is 1. The first-order valence-corrected chi connectivity index (χ1v) is 5.46. The second kappa shape index (κ2) is 3.94. The monoisotopic (exact) mass is 222 g/mol. The molecule has 1 aromatic carbocycles. The molecule has 0 spiro atoms. The van der Waals surface area contributed by atoms with Crippen LogP contribution in [0.5, 0.6) is 0 Å². The third-order valence-electron chi connectivity index (χ3n) is 2.35. The van der Waals surface area contributed by atoms with Gasteiger partial charge in [-0.05, 0) is 6.07 Å². The topological polar surface area (TPSA) is 75.7 Å². The predicted molar refractivity (Wildman–Crippen MR) is 58.4 cm³/mol. The number of amidine groups is 1.